The molecule has 0 saturated heterocycles. The Kier molecular flexibility index (Phi) is 8.35. The van der Waals surface area contributed by atoms with Crippen molar-refractivity contribution in [3.05, 3.63) is 102 Å². The van der Waals surface area contributed by atoms with Crippen molar-refractivity contribution in [3.8, 4) is 17.6 Å². The summed E-state index contributed by atoms with van der Waals surface area (Å²) in [4.78, 5) is 25.5. The minimum absolute atomic E-state index is 0.218. The van der Waals surface area contributed by atoms with Gasteiger partial charge in [0.2, 0.25) is 0 Å². The molecule has 0 radical (unpaired) electrons. The second-order valence-corrected chi connectivity index (χ2v) is 11.5. The van der Waals surface area contributed by atoms with E-state index < -0.39 is 23.2 Å². The molecule has 6 heteroatoms. The van der Waals surface area contributed by atoms with Crippen molar-refractivity contribution >= 4 is 23.0 Å². The Balaban J connectivity index is 1.60. The predicted octanol–water partition coefficient (Wildman–Crippen LogP) is 7.69. The first kappa shape index (κ1) is 28.5. The number of carbonyl (C=O) groups is 2. The lowest BCUT2D eigenvalue weighted by atomic mass is 9.97. The van der Waals surface area contributed by atoms with Gasteiger partial charge in [-0.3, -0.25) is 9.36 Å². The summed E-state index contributed by atoms with van der Waals surface area (Å²) in [6, 6.07) is 24.6. The number of para-hydroxylation sites is 2. The fourth-order valence-corrected chi connectivity index (χ4v) is 3.91. The second kappa shape index (κ2) is 11.7. The van der Waals surface area contributed by atoms with E-state index in [1.807, 2.05) is 120 Å². The lowest BCUT2D eigenvalue weighted by Crippen LogP contribution is -2.26. The molecule has 0 amide bonds. The number of rotatable bonds is 5. The van der Waals surface area contributed by atoms with Gasteiger partial charge in [0, 0.05) is 22.7 Å². The monoisotopic (exact) mass is 537 g/mol. The molecule has 3 aromatic carbocycles. The molecule has 0 bridgehead atoms. The third kappa shape index (κ3) is 7.12. The number of hydrogen-bond acceptors (Lipinski definition) is 5. The van der Waals surface area contributed by atoms with Crippen LogP contribution in [0.25, 0.3) is 10.9 Å². The van der Waals surface area contributed by atoms with Gasteiger partial charge in [0.15, 0.2) is 6.10 Å². The lowest BCUT2D eigenvalue weighted by Gasteiger charge is -2.20. The van der Waals surface area contributed by atoms with Crippen molar-refractivity contribution in [1.29, 1.82) is 0 Å². The van der Waals surface area contributed by atoms with Crippen LogP contribution >= 0.6 is 0 Å². The molecule has 0 spiro atoms. The van der Waals surface area contributed by atoms with E-state index in [-0.39, 0.29) is 12.6 Å². The summed E-state index contributed by atoms with van der Waals surface area (Å²) in [6.07, 6.45) is 0.579. The maximum atomic E-state index is 12.9. The first-order valence-corrected chi connectivity index (χ1v) is 13.2. The van der Waals surface area contributed by atoms with E-state index >= 15 is 0 Å². The largest absolute Gasteiger partial charge is 0.488 e. The van der Waals surface area contributed by atoms with Crippen LogP contribution in [0.1, 0.15) is 64.3 Å². The van der Waals surface area contributed by atoms with Crippen LogP contribution in [0, 0.1) is 17.3 Å². The zero-order valence-electron chi connectivity index (χ0n) is 23.9. The maximum absolute atomic E-state index is 12.9. The first-order chi connectivity index (χ1) is 18.9. The summed E-state index contributed by atoms with van der Waals surface area (Å²) in [6.45, 7) is 11.2. The fraction of sp³-hybridized carbons (Fsp3) is 0.294. The average Bonchev–Trinajstić information content (AvgIpc) is 3.28. The van der Waals surface area contributed by atoms with Crippen LogP contribution in [0.4, 0.5) is 4.79 Å². The third-order valence-corrected chi connectivity index (χ3v) is 5.93. The second-order valence-electron chi connectivity index (χ2n) is 11.5. The summed E-state index contributed by atoms with van der Waals surface area (Å²) in [7, 11) is 0. The molecule has 1 heterocycles. The number of esters is 1. The zero-order chi connectivity index (χ0) is 28.9. The molecule has 1 unspecified atom stereocenters. The summed E-state index contributed by atoms with van der Waals surface area (Å²) < 4.78 is 19.1. The number of fused-ring (bicyclic) bond motifs is 1. The van der Waals surface area contributed by atoms with Gasteiger partial charge < -0.3 is 14.2 Å². The molecule has 0 aliphatic rings. The van der Waals surface area contributed by atoms with Crippen LogP contribution in [0.3, 0.4) is 0 Å². The van der Waals surface area contributed by atoms with E-state index in [9.17, 15) is 9.59 Å². The van der Waals surface area contributed by atoms with Gasteiger partial charge in [-0.1, -0.05) is 66.6 Å². The fourth-order valence-electron chi connectivity index (χ4n) is 3.91. The van der Waals surface area contributed by atoms with Crippen molar-refractivity contribution in [2.75, 3.05) is 0 Å². The van der Waals surface area contributed by atoms with Crippen LogP contribution in [-0.4, -0.2) is 22.2 Å². The van der Waals surface area contributed by atoms with Crippen LogP contribution in [0.15, 0.2) is 85.1 Å². The van der Waals surface area contributed by atoms with Gasteiger partial charge in [-0.05, 0) is 65.7 Å². The molecule has 206 valence electrons. The minimum Gasteiger partial charge on any atom is -0.488 e. The van der Waals surface area contributed by atoms with Gasteiger partial charge in [-0.25, -0.2) is 4.79 Å². The standard InChI is InChI=1S/C34H35NO5/c1-33(2,3)31(36)39-30(24-14-8-7-9-15-24)21-20-25-16-10-13-19-29(25)38-23-26-22-35(32(37)40-34(4,5)6)28-18-12-11-17-27(26)28/h7-19,22,30H,23H2,1-6H3. The number of ether oxygens (including phenoxy) is 3. The summed E-state index contributed by atoms with van der Waals surface area (Å²) >= 11 is 0. The van der Waals surface area contributed by atoms with Crippen molar-refractivity contribution in [2.24, 2.45) is 5.41 Å². The van der Waals surface area contributed by atoms with E-state index in [1.54, 1.807) is 6.20 Å². The van der Waals surface area contributed by atoms with Crippen molar-refractivity contribution in [1.82, 2.24) is 4.57 Å². The Labute approximate surface area is 235 Å². The van der Waals surface area contributed by atoms with Gasteiger partial charge in [0.25, 0.3) is 0 Å². The minimum atomic E-state index is -0.729. The molecule has 0 fully saturated rings. The highest BCUT2D eigenvalue weighted by Crippen LogP contribution is 2.27. The number of carbonyl (C=O) groups excluding carboxylic acids is 2. The molecule has 0 saturated carbocycles. The highest BCUT2D eigenvalue weighted by molar-refractivity contribution is 5.92. The van der Waals surface area contributed by atoms with Gasteiger partial charge in [0.1, 0.15) is 18.0 Å². The van der Waals surface area contributed by atoms with E-state index in [0.717, 1.165) is 22.0 Å². The van der Waals surface area contributed by atoms with Gasteiger partial charge >= 0.3 is 12.1 Å². The Morgan fingerprint density at radius 3 is 2.20 bits per heavy atom. The van der Waals surface area contributed by atoms with E-state index in [1.165, 1.54) is 4.57 Å². The number of nitrogens with zero attached hydrogens (tertiary/aromatic N) is 1. The van der Waals surface area contributed by atoms with Crippen molar-refractivity contribution in [3.63, 3.8) is 0 Å². The normalized spacial score (nSPS) is 12.2. The highest BCUT2D eigenvalue weighted by Gasteiger charge is 2.26. The Hall–Kier alpha value is -4.50. The zero-order valence-corrected chi connectivity index (χ0v) is 23.9. The number of aromatic nitrogens is 1. The molecule has 4 aromatic rings. The van der Waals surface area contributed by atoms with E-state index in [4.69, 9.17) is 14.2 Å². The SMILES string of the molecule is CC(C)(C)OC(=O)n1cc(COc2ccccc2C#CC(OC(=O)C(C)(C)C)c2ccccc2)c2ccccc21. The molecule has 0 aliphatic carbocycles. The van der Waals surface area contributed by atoms with E-state index in [0.29, 0.717) is 11.3 Å². The van der Waals surface area contributed by atoms with Crippen LogP contribution in [0.5, 0.6) is 5.75 Å². The van der Waals surface area contributed by atoms with Gasteiger partial charge in [-0.15, -0.1) is 0 Å². The smallest absolute Gasteiger partial charge is 0.419 e. The van der Waals surface area contributed by atoms with Crippen LogP contribution in [0.2, 0.25) is 0 Å². The lowest BCUT2D eigenvalue weighted by molar-refractivity contribution is -0.156. The summed E-state index contributed by atoms with van der Waals surface area (Å²) in [5, 5.41) is 0.898. The molecular weight excluding hydrogens is 502 g/mol. The Morgan fingerprint density at radius 1 is 0.850 bits per heavy atom. The quantitative estimate of drug-likeness (QED) is 0.193. The molecule has 0 N–H and O–H groups in total. The number of benzene rings is 3. The summed E-state index contributed by atoms with van der Waals surface area (Å²) in [5.74, 6) is 6.54. The van der Waals surface area contributed by atoms with Gasteiger partial charge in [0.05, 0.1) is 16.5 Å². The maximum Gasteiger partial charge on any atom is 0.419 e. The molecule has 1 aromatic heterocycles. The predicted molar refractivity (Wildman–Crippen MR) is 156 cm³/mol. The van der Waals surface area contributed by atoms with Crippen LogP contribution in [-0.2, 0) is 20.9 Å². The van der Waals surface area contributed by atoms with Crippen molar-refractivity contribution < 1.29 is 23.8 Å². The molecule has 0 aliphatic heterocycles. The molecule has 4 rings (SSSR count). The molecule has 1 atom stereocenters. The first-order valence-electron chi connectivity index (χ1n) is 13.2. The summed E-state index contributed by atoms with van der Waals surface area (Å²) in [5.41, 5.74) is 1.76. The highest BCUT2D eigenvalue weighted by atomic mass is 16.6. The molecular formula is C34H35NO5. The molecule has 6 nitrogen and oxygen atoms in total. The topological polar surface area (TPSA) is 66.8 Å². The Morgan fingerprint density at radius 2 is 1.50 bits per heavy atom. The number of hydrogen-bond donors (Lipinski definition) is 0. The van der Waals surface area contributed by atoms with Gasteiger partial charge in [-0.2, -0.15) is 0 Å². The van der Waals surface area contributed by atoms with E-state index in [2.05, 4.69) is 11.8 Å². The third-order valence-electron chi connectivity index (χ3n) is 5.93. The average molecular weight is 538 g/mol. The molecule has 40 heavy (non-hydrogen) atoms. The van der Waals surface area contributed by atoms with Crippen LogP contribution < -0.4 is 4.74 Å². The Bertz CT molecular complexity index is 1560. The van der Waals surface area contributed by atoms with Crippen molar-refractivity contribution in [2.45, 2.75) is 59.9 Å².